The van der Waals surface area contributed by atoms with Gasteiger partial charge in [0.1, 0.15) is 17.5 Å². The number of fused-ring (bicyclic) bond motifs is 1. The largest absolute Gasteiger partial charge is 0.497 e. The van der Waals surface area contributed by atoms with Crippen LogP contribution in [0.25, 0.3) is 0 Å². The maximum absolute atomic E-state index is 13.4. The number of anilines is 2. The zero-order valence-electron chi connectivity index (χ0n) is 17.4. The fourth-order valence-electron chi connectivity index (χ4n) is 3.49. The van der Waals surface area contributed by atoms with Crippen molar-refractivity contribution in [3.8, 4) is 11.5 Å². The molecule has 32 heavy (non-hydrogen) atoms. The third kappa shape index (κ3) is 3.69. The molecule has 0 radical (unpaired) electrons. The van der Waals surface area contributed by atoms with E-state index in [1.807, 2.05) is 0 Å². The Hall–Kier alpha value is -4.48. The van der Waals surface area contributed by atoms with Gasteiger partial charge in [0.15, 0.2) is 0 Å². The molecule has 12 nitrogen and oxygen atoms in total. The van der Waals surface area contributed by atoms with Crippen LogP contribution in [0.2, 0.25) is 0 Å². The molecule has 12 heteroatoms. The number of allylic oxidation sites excluding steroid dienone is 1. The molecule has 3 aromatic rings. The molecule has 0 aliphatic carbocycles. The fraction of sp³-hybridized carbons (Fsp3) is 0.200. The molecule has 2 heterocycles. The Bertz CT molecular complexity index is 1220. The highest BCUT2D eigenvalue weighted by molar-refractivity contribution is 6.06. The van der Waals surface area contributed by atoms with E-state index in [2.05, 4.69) is 26.2 Å². The number of nitrogens with zero attached hydrogens (tertiary/aromatic N) is 5. The number of aromatic nitrogens is 4. The maximum Gasteiger partial charge on any atom is 0.269 e. The molecule has 0 fully saturated rings. The Morgan fingerprint density at radius 1 is 1.19 bits per heavy atom. The van der Waals surface area contributed by atoms with Crippen LogP contribution in [0.3, 0.4) is 0 Å². The maximum atomic E-state index is 13.4. The molecule has 1 aliphatic rings. The van der Waals surface area contributed by atoms with Crippen LogP contribution in [0.1, 0.15) is 18.5 Å². The van der Waals surface area contributed by atoms with Gasteiger partial charge >= 0.3 is 0 Å². The van der Waals surface area contributed by atoms with Crippen molar-refractivity contribution < 1.29 is 19.2 Å². The molecular formula is C20H19N7O5. The van der Waals surface area contributed by atoms with Gasteiger partial charge in [-0.25, -0.2) is 0 Å². The average molecular weight is 437 g/mol. The molecule has 1 atom stereocenters. The first-order valence-corrected chi connectivity index (χ1v) is 9.46. The van der Waals surface area contributed by atoms with E-state index in [-0.39, 0.29) is 5.69 Å². The lowest BCUT2D eigenvalue weighted by Crippen LogP contribution is -2.31. The average Bonchev–Trinajstić information content (AvgIpc) is 3.26. The number of nitro groups is 1. The first-order valence-electron chi connectivity index (χ1n) is 9.46. The molecule has 1 aromatic heterocycles. The first-order chi connectivity index (χ1) is 15.4. The van der Waals surface area contributed by atoms with Gasteiger partial charge in [-0.05, 0) is 47.2 Å². The van der Waals surface area contributed by atoms with E-state index in [1.54, 1.807) is 37.3 Å². The monoisotopic (exact) mass is 437 g/mol. The molecule has 0 spiro atoms. The fourth-order valence-corrected chi connectivity index (χ4v) is 3.49. The summed E-state index contributed by atoms with van der Waals surface area (Å²) in [4.78, 5) is 24.0. The third-order valence-electron chi connectivity index (χ3n) is 5.03. The van der Waals surface area contributed by atoms with Crippen LogP contribution in [-0.2, 0) is 4.79 Å². The number of benzene rings is 2. The van der Waals surface area contributed by atoms with Crippen LogP contribution in [0.4, 0.5) is 17.3 Å². The summed E-state index contributed by atoms with van der Waals surface area (Å²) in [6.45, 7) is 1.73. The predicted molar refractivity (Wildman–Crippen MR) is 114 cm³/mol. The SMILES string of the molecule is COc1ccc(OC)c(NC(=O)C2=C(C)Nc3nnnn3C2c2ccc([N+](=O)[O-])cc2)c1. The number of non-ortho nitro benzene ring substituents is 1. The zero-order valence-corrected chi connectivity index (χ0v) is 17.4. The number of tetrazole rings is 1. The van der Waals surface area contributed by atoms with Crippen molar-refractivity contribution in [1.82, 2.24) is 20.2 Å². The summed E-state index contributed by atoms with van der Waals surface area (Å²) in [5, 5.41) is 28.6. The number of rotatable bonds is 6. The normalized spacial score (nSPS) is 14.9. The van der Waals surface area contributed by atoms with Gasteiger partial charge in [0.2, 0.25) is 5.95 Å². The topological polar surface area (TPSA) is 146 Å². The standard InChI is InChI=1S/C20H19N7O5/c1-11-17(19(28)22-15-10-14(31-2)8-9-16(15)32-3)18(26-20(21-11)23-24-25-26)12-4-6-13(7-5-12)27(29)30/h4-10,18H,1-3H3,(H,22,28)(H,21,23,25). The predicted octanol–water partition coefficient (Wildman–Crippen LogP) is 2.53. The second-order valence-electron chi connectivity index (χ2n) is 6.88. The van der Waals surface area contributed by atoms with Crippen molar-refractivity contribution in [1.29, 1.82) is 0 Å². The molecule has 164 valence electrons. The van der Waals surface area contributed by atoms with Gasteiger partial charge in [-0.3, -0.25) is 14.9 Å². The van der Waals surface area contributed by atoms with E-state index in [9.17, 15) is 14.9 Å². The minimum absolute atomic E-state index is 0.0626. The lowest BCUT2D eigenvalue weighted by Gasteiger charge is -2.28. The van der Waals surface area contributed by atoms with Gasteiger partial charge in [0, 0.05) is 23.9 Å². The summed E-state index contributed by atoms with van der Waals surface area (Å²) in [6.07, 6.45) is 0. The van der Waals surface area contributed by atoms with Crippen LogP contribution >= 0.6 is 0 Å². The van der Waals surface area contributed by atoms with Crippen molar-refractivity contribution in [3.63, 3.8) is 0 Å². The quantitative estimate of drug-likeness (QED) is 0.438. The van der Waals surface area contributed by atoms with Gasteiger partial charge in [-0.15, -0.1) is 0 Å². The second-order valence-corrected chi connectivity index (χ2v) is 6.88. The molecule has 2 aromatic carbocycles. The molecule has 0 bridgehead atoms. The smallest absolute Gasteiger partial charge is 0.269 e. The number of hydrogen-bond acceptors (Lipinski definition) is 9. The Morgan fingerprint density at radius 2 is 1.94 bits per heavy atom. The van der Waals surface area contributed by atoms with Crippen LogP contribution < -0.4 is 20.1 Å². The summed E-state index contributed by atoms with van der Waals surface area (Å²) in [7, 11) is 3.02. The van der Waals surface area contributed by atoms with E-state index in [0.717, 1.165) is 0 Å². The van der Waals surface area contributed by atoms with Gasteiger partial charge in [0.25, 0.3) is 11.6 Å². The van der Waals surface area contributed by atoms with E-state index < -0.39 is 16.9 Å². The number of carbonyl (C=O) groups is 1. The Labute approximate surface area is 182 Å². The van der Waals surface area contributed by atoms with Gasteiger partial charge in [-0.2, -0.15) is 4.68 Å². The number of amides is 1. The van der Waals surface area contributed by atoms with Crippen LogP contribution in [0, 0.1) is 10.1 Å². The highest BCUT2D eigenvalue weighted by atomic mass is 16.6. The summed E-state index contributed by atoms with van der Waals surface area (Å²) < 4.78 is 12.0. The number of hydrogen-bond donors (Lipinski definition) is 2. The number of ether oxygens (including phenoxy) is 2. The summed E-state index contributed by atoms with van der Waals surface area (Å²) in [6, 6.07) is 10.2. The highest BCUT2D eigenvalue weighted by Gasteiger charge is 2.34. The van der Waals surface area contributed by atoms with Crippen molar-refractivity contribution in [2.45, 2.75) is 13.0 Å². The number of carbonyl (C=O) groups excluding carboxylic acids is 1. The van der Waals surface area contributed by atoms with Gasteiger partial charge in [-0.1, -0.05) is 5.10 Å². The van der Waals surface area contributed by atoms with Crippen molar-refractivity contribution >= 4 is 23.2 Å². The van der Waals surface area contributed by atoms with E-state index in [1.165, 1.54) is 31.0 Å². The molecule has 4 rings (SSSR count). The second kappa shape index (κ2) is 8.34. The molecule has 2 N–H and O–H groups in total. The minimum atomic E-state index is -0.710. The van der Waals surface area contributed by atoms with Crippen LogP contribution in [0.15, 0.2) is 53.7 Å². The zero-order chi connectivity index (χ0) is 22.8. The highest BCUT2D eigenvalue weighted by Crippen LogP contribution is 2.36. The Kier molecular flexibility index (Phi) is 5.41. The minimum Gasteiger partial charge on any atom is -0.497 e. The van der Waals surface area contributed by atoms with Gasteiger partial charge < -0.3 is 20.1 Å². The molecule has 0 saturated carbocycles. The number of methoxy groups -OCH3 is 2. The number of nitrogens with one attached hydrogen (secondary N) is 2. The van der Waals surface area contributed by atoms with Crippen LogP contribution in [-0.4, -0.2) is 45.3 Å². The van der Waals surface area contributed by atoms with E-state index in [0.29, 0.717) is 40.0 Å². The number of nitro benzene ring substituents is 1. The molecule has 1 unspecified atom stereocenters. The van der Waals surface area contributed by atoms with Gasteiger partial charge in [0.05, 0.1) is 30.4 Å². The third-order valence-corrected chi connectivity index (χ3v) is 5.03. The summed E-state index contributed by atoms with van der Waals surface area (Å²) in [5.41, 5.74) is 1.83. The molecule has 1 amide bonds. The molecule has 0 saturated heterocycles. The first kappa shape index (κ1) is 20.8. The van der Waals surface area contributed by atoms with Crippen molar-refractivity contribution in [2.75, 3.05) is 24.9 Å². The lowest BCUT2D eigenvalue weighted by atomic mass is 9.95. The molecule has 1 aliphatic heterocycles. The van der Waals surface area contributed by atoms with E-state index >= 15 is 0 Å². The van der Waals surface area contributed by atoms with Crippen molar-refractivity contribution in [3.05, 3.63) is 69.4 Å². The van der Waals surface area contributed by atoms with E-state index in [4.69, 9.17) is 9.47 Å². The van der Waals surface area contributed by atoms with Crippen LogP contribution in [0.5, 0.6) is 11.5 Å². The summed E-state index contributed by atoms with van der Waals surface area (Å²) >= 11 is 0. The Balaban J connectivity index is 1.75. The Morgan fingerprint density at radius 3 is 2.59 bits per heavy atom. The molecular weight excluding hydrogens is 418 g/mol. The lowest BCUT2D eigenvalue weighted by molar-refractivity contribution is -0.384. The van der Waals surface area contributed by atoms with Crippen molar-refractivity contribution in [2.24, 2.45) is 0 Å². The summed E-state index contributed by atoms with van der Waals surface area (Å²) in [5.74, 6) is 0.923.